The average Bonchev–Trinajstić information content (AvgIpc) is 3.24. The van der Waals surface area contributed by atoms with Gasteiger partial charge in [-0.15, -0.1) is 0 Å². The zero-order valence-corrected chi connectivity index (χ0v) is 11.9. The van der Waals surface area contributed by atoms with Gasteiger partial charge in [0.2, 0.25) is 0 Å². The van der Waals surface area contributed by atoms with Crippen LogP contribution in [0.1, 0.15) is 37.5 Å². The monoisotopic (exact) mass is 285 g/mol. The summed E-state index contributed by atoms with van der Waals surface area (Å²) in [6.07, 6.45) is 3.59. The number of nitrogens with zero attached hydrogens (tertiary/aromatic N) is 2. The van der Waals surface area contributed by atoms with E-state index in [-0.39, 0.29) is 18.1 Å². The lowest BCUT2D eigenvalue weighted by molar-refractivity contribution is -0.142. The first-order valence-electron chi connectivity index (χ1n) is 7.69. The minimum Gasteiger partial charge on any atom is -0.368 e. The molecule has 0 spiro atoms. The smallest absolute Gasteiger partial charge is 0.252 e. The summed E-state index contributed by atoms with van der Waals surface area (Å²) in [5.41, 5.74) is 1.99. The van der Waals surface area contributed by atoms with E-state index in [1.165, 1.54) is 0 Å². The number of imidazole rings is 1. The molecule has 0 radical (unpaired) electrons. The topological polar surface area (TPSA) is 58.2 Å². The third-order valence-corrected chi connectivity index (χ3v) is 4.46. The molecule has 2 aromatic rings. The summed E-state index contributed by atoms with van der Waals surface area (Å²) >= 11 is 0. The van der Waals surface area contributed by atoms with E-state index in [1.54, 1.807) is 0 Å². The van der Waals surface area contributed by atoms with E-state index >= 15 is 0 Å². The predicted octanol–water partition coefficient (Wildman–Crippen LogP) is 2.41. The summed E-state index contributed by atoms with van der Waals surface area (Å²) in [6, 6.07) is 8.06. The van der Waals surface area contributed by atoms with Crippen molar-refractivity contribution in [3.63, 3.8) is 0 Å². The number of fused-ring (bicyclic) bond motifs is 1. The van der Waals surface area contributed by atoms with Crippen molar-refractivity contribution in [2.45, 2.75) is 37.8 Å². The van der Waals surface area contributed by atoms with Crippen LogP contribution in [0.5, 0.6) is 0 Å². The number of ether oxygens (including phenoxy) is 1. The van der Waals surface area contributed by atoms with Gasteiger partial charge in [0.25, 0.3) is 5.91 Å². The zero-order chi connectivity index (χ0) is 14.2. The standard InChI is InChI=1S/C16H19N3O2/c20-16(14-8-4-10-21-14)19-9-3-7-13(19)15-17-11-5-1-2-6-12(11)18-15/h1-2,5-6,13-14H,3-4,7-10H2,(H,17,18)/t13-,14-/m0/s1. The van der Waals surface area contributed by atoms with Crippen LogP contribution < -0.4 is 0 Å². The number of carbonyl (C=O) groups excluding carboxylic acids is 1. The first-order chi connectivity index (χ1) is 10.3. The number of H-pyrrole nitrogens is 1. The van der Waals surface area contributed by atoms with E-state index < -0.39 is 0 Å². The summed E-state index contributed by atoms with van der Waals surface area (Å²) in [7, 11) is 0. The maximum Gasteiger partial charge on any atom is 0.252 e. The van der Waals surface area contributed by atoms with Crippen LogP contribution in [0.3, 0.4) is 0 Å². The quantitative estimate of drug-likeness (QED) is 0.921. The molecule has 2 atom stereocenters. The predicted molar refractivity (Wildman–Crippen MR) is 78.8 cm³/mol. The molecule has 1 amide bonds. The Morgan fingerprint density at radius 1 is 1.29 bits per heavy atom. The van der Waals surface area contributed by atoms with Crippen LogP contribution in [0.25, 0.3) is 11.0 Å². The fourth-order valence-electron chi connectivity index (χ4n) is 3.40. The second-order valence-corrected chi connectivity index (χ2v) is 5.83. The molecule has 0 aliphatic carbocycles. The Bertz CT molecular complexity index is 627. The van der Waals surface area contributed by atoms with Gasteiger partial charge in [-0.25, -0.2) is 4.98 Å². The Balaban J connectivity index is 1.62. The number of nitrogens with one attached hydrogen (secondary N) is 1. The first-order valence-corrected chi connectivity index (χ1v) is 7.69. The van der Waals surface area contributed by atoms with E-state index in [2.05, 4.69) is 9.97 Å². The Morgan fingerprint density at radius 2 is 2.19 bits per heavy atom. The van der Waals surface area contributed by atoms with Crippen molar-refractivity contribution < 1.29 is 9.53 Å². The average molecular weight is 285 g/mol. The highest BCUT2D eigenvalue weighted by Gasteiger charge is 2.37. The summed E-state index contributed by atoms with van der Waals surface area (Å²) < 4.78 is 5.55. The second kappa shape index (κ2) is 5.15. The fraction of sp³-hybridized carbons (Fsp3) is 0.500. The molecular formula is C16H19N3O2. The van der Waals surface area contributed by atoms with Gasteiger partial charge in [0, 0.05) is 13.2 Å². The van der Waals surface area contributed by atoms with E-state index in [1.807, 2.05) is 29.2 Å². The zero-order valence-electron chi connectivity index (χ0n) is 11.9. The van der Waals surface area contributed by atoms with Gasteiger partial charge in [0.15, 0.2) is 0 Å². The lowest BCUT2D eigenvalue weighted by Crippen LogP contribution is -2.38. The largest absolute Gasteiger partial charge is 0.368 e. The Morgan fingerprint density at radius 3 is 3.00 bits per heavy atom. The lowest BCUT2D eigenvalue weighted by Gasteiger charge is -2.25. The van der Waals surface area contributed by atoms with E-state index in [0.717, 1.165) is 49.1 Å². The highest BCUT2D eigenvalue weighted by molar-refractivity contribution is 5.82. The van der Waals surface area contributed by atoms with Gasteiger partial charge in [-0.05, 0) is 37.8 Å². The summed E-state index contributed by atoms with van der Waals surface area (Å²) in [5.74, 6) is 1.04. The molecule has 2 aliphatic rings. The van der Waals surface area contributed by atoms with Crippen molar-refractivity contribution in [3.05, 3.63) is 30.1 Å². The Kier molecular flexibility index (Phi) is 3.15. The highest BCUT2D eigenvalue weighted by atomic mass is 16.5. The van der Waals surface area contributed by atoms with Crippen LogP contribution in [-0.4, -0.2) is 40.0 Å². The number of para-hydroxylation sites is 2. The van der Waals surface area contributed by atoms with Crippen molar-refractivity contribution in [1.82, 2.24) is 14.9 Å². The summed E-state index contributed by atoms with van der Waals surface area (Å²) in [5, 5.41) is 0. The molecule has 5 heteroatoms. The third-order valence-electron chi connectivity index (χ3n) is 4.46. The molecule has 21 heavy (non-hydrogen) atoms. The molecule has 2 fully saturated rings. The maximum atomic E-state index is 12.6. The lowest BCUT2D eigenvalue weighted by atomic mass is 10.1. The van der Waals surface area contributed by atoms with Gasteiger partial charge in [-0.2, -0.15) is 0 Å². The second-order valence-electron chi connectivity index (χ2n) is 5.83. The molecule has 2 aliphatic heterocycles. The molecule has 0 bridgehead atoms. The van der Waals surface area contributed by atoms with Crippen molar-refractivity contribution in [1.29, 1.82) is 0 Å². The number of benzene rings is 1. The van der Waals surface area contributed by atoms with Crippen molar-refractivity contribution in [2.75, 3.05) is 13.2 Å². The van der Waals surface area contributed by atoms with E-state index in [9.17, 15) is 4.79 Å². The molecule has 5 nitrogen and oxygen atoms in total. The number of hydrogen-bond acceptors (Lipinski definition) is 3. The van der Waals surface area contributed by atoms with Crippen molar-refractivity contribution >= 4 is 16.9 Å². The van der Waals surface area contributed by atoms with E-state index in [4.69, 9.17) is 4.74 Å². The van der Waals surface area contributed by atoms with Gasteiger partial charge in [-0.1, -0.05) is 12.1 Å². The summed E-state index contributed by atoms with van der Waals surface area (Å²) in [4.78, 5) is 22.6. The number of rotatable bonds is 2. The summed E-state index contributed by atoms with van der Waals surface area (Å²) in [6.45, 7) is 1.51. The van der Waals surface area contributed by atoms with Crippen molar-refractivity contribution in [2.24, 2.45) is 0 Å². The van der Waals surface area contributed by atoms with Gasteiger partial charge in [-0.3, -0.25) is 4.79 Å². The number of aromatic amines is 1. The number of likely N-dealkylation sites (tertiary alicyclic amines) is 1. The molecule has 1 N–H and O–H groups in total. The highest BCUT2D eigenvalue weighted by Crippen LogP contribution is 2.33. The minimum absolute atomic E-state index is 0.0640. The van der Waals surface area contributed by atoms with Crippen LogP contribution in [-0.2, 0) is 9.53 Å². The molecule has 4 rings (SSSR count). The molecule has 0 unspecified atom stereocenters. The van der Waals surface area contributed by atoms with E-state index in [0.29, 0.717) is 6.61 Å². The fourth-order valence-corrected chi connectivity index (χ4v) is 3.40. The Hall–Kier alpha value is -1.88. The molecule has 1 aromatic carbocycles. The number of hydrogen-bond donors (Lipinski definition) is 1. The molecular weight excluding hydrogens is 266 g/mol. The molecule has 2 saturated heterocycles. The minimum atomic E-state index is -0.241. The molecule has 1 aromatic heterocycles. The first kappa shape index (κ1) is 12.8. The SMILES string of the molecule is O=C([C@@H]1CCCO1)N1CCC[C@H]1c1nc2ccccc2[nH]1. The van der Waals surface area contributed by atoms with Crippen LogP contribution in [0.2, 0.25) is 0 Å². The third kappa shape index (κ3) is 2.21. The van der Waals surface area contributed by atoms with Crippen LogP contribution in [0.4, 0.5) is 0 Å². The normalized spacial score (nSPS) is 25.8. The van der Waals surface area contributed by atoms with Crippen LogP contribution in [0, 0.1) is 0 Å². The van der Waals surface area contributed by atoms with Crippen LogP contribution >= 0.6 is 0 Å². The Labute approximate surface area is 123 Å². The number of carbonyl (C=O) groups is 1. The molecule has 110 valence electrons. The maximum absolute atomic E-state index is 12.6. The van der Waals surface area contributed by atoms with Crippen LogP contribution in [0.15, 0.2) is 24.3 Å². The molecule has 0 saturated carbocycles. The van der Waals surface area contributed by atoms with Crippen molar-refractivity contribution in [3.8, 4) is 0 Å². The van der Waals surface area contributed by atoms with Gasteiger partial charge >= 0.3 is 0 Å². The van der Waals surface area contributed by atoms with Gasteiger partial charge in [0.1, 0.15) is 11.9 Å². The van der Waals surface area contributed by atoms with Gasteiger partial charge in [0.05, 0.1) is 17.1 Å². The number of aromatic nitrogens is 2. The number of amides is 1. The van der Waals surface area contributed by atoms with Gasteiger partial charge < -0.3 is 14.6 Å². The molecule has 3 heterocycles.